The van der Waals surface area contributed by atoms with Gasteiger partial charge >= 0.3 is 0 Å². The largest absolute Gasteiger partial charge is 0.496 e. The summed E-state index contributed by atoms with van der Waals surface area (Å²) in [5.41, 5.74) is 2.42. The third-order valence-corrected chi connectivity index (χ3v) is 3.67. The fourth-order valence-corrected chi connectivity index (χ4v) is 2.53. The van der Waals surface area contributed by atoms with E-state index in [1.165, 1.54) is 11.3 Å². The van der Waals surface area contributed by atoms with Crippen molar-refractivity contribution in [1.29, 1.82) is 0 Å². The number of rotatable bonds is 5. The molecule has 0 aliphatic carbocycles. The summed E-state index contributed by atoms with van der Waals surface area (Å²) < 4.78 is 5.35. The van der Waals surface area contributed by atoms with Crippen LogP contribution in [0.4, 0.5) is 5.69 Å². The summed E-state index contributed by atoms with van der Waals surface area (Å²) in [4.78, 5) is 2.37. The molecule has 1 aliphatic rings. The van der Waals surface area contributed by atoms with Crippen LogP contribution in [0.25, 0.3) is 0 Å². The molecule has 1 fully saturated rings. The van der Waals surface area contributed by atoms with E-state index in [4.69, 9.17) is 4.74 Å². The van der Waals surface area contributed by atoms with Gasteiger partial charge in [-0.25, -0.2) is 0 Å². The lowest BCUT2D eigenvalue weighted by molar-refractivity contribution is 0.244. The lowest BCUT2D eigenvalue weighted by atomic mass is 10.1. The van der Waals surface area contributed by atoms with Crippen molar-refractivity contribution < 1.29 is 4.74 Å². The normalized spacial score (nSPS) is 20.3. The van der Waals surface area contributed by atoms with Gasteiger partial charge in [-0.2, -0.15) is 0 Å². The Kier molecular flexibility index (Phi) is 5.05. The molecule has 19 heavy (non-hydrogen) atoms. The maximum absolute atomic E-state index is 5.35. The Morgan fingerprint density at radius 1 is 1.47 bits per heavy atom. The predicted molar refractivity (Wildman–Crippen MR) is 80.1 cm³/mol. The minimum Gasteiger partial charge on any atom is -0.496 e. The van der Waals surface area contributed by atoms with Gasteiger partial charge in [0.2, 0.25) is 0 Å². The van der Waals surface area contributed by atoms with E-state index < -0.39 is 0 Å². The molecule has 1 heterocycles. The van der Waals surface area contributed by atoms with E-state index in [-0.39, 0.29) is 0 Å². The molecule has 0 saturated carbocycles. The van der Waals surface area contributed by atoms with Crippen LogP contribution in [0, 0.1) is 0 Å². The average Bonchev–Trinajstić information content (AvgIpc) is 2.45. The van der Waals surface area contributed by atoms with E-state index in [0.717, 1.165) is 38.3 Å². The highest BCUT2D eigenvalue weighted by atomic mass is 16.5. The number of methoxy groups -OCH3 is 1. The highest BCUT2D eigenvalue weighted by Crippen LogP contribution is 2.23. The number of aryl methyl sites for hydroxylation is 1. The van der Waals surface area contributed by atoms with Crippen molar-refractivity contribution >= 4 is 5.69 Å². The minimum absolute atomic E-state index is 0.519. The predicted octanol–water partition coefficient (Wildman–Crippen LogP) is 1.57. The summed E-state index contributed by atoms with van der Waals surface area (Å²) in [6, 6.07) is 6.84. The van der Waals surface area contributed by atoms with Crippen LogP contribution in [-0.2, 0) is 6.42 Å². The number of anilines is 1. The molecule has 1 aromatic carbocycles. The minimum atomic E-state index is 0.519. The third-order valence-electron chi connectivity index (χ3n) is 3.67. The van der Waals surface area contributed by atoms with Crippen LogP contribution in [0.15, 0.2) is 18.2 Å². The van der Waals surface area contributed by atoms with Crippen molar-refractivity contribution in [2.24, 2.45) is 0 Å². The molecule has 0 radical (unpaired) electrons. The van der Waals surface area contributed by atoms with Crippen LogP contribution < -0.4 is 15.4 Å². The molecule has 4 nitrogen and oxygen atoms in total. The highest BCUT2D eigenvalue weighted by Gasteiger charge is 2.15. The second kappa shape index (κ2) is 6.78. The third kappa shape index (κ3) is 3.85. The van der Waals surface area contributed by atoms with Crippen molar-refractivity contribution in [2.75, 3.05) is 45.7 Å². The van der Waals surface area contributed by atoms with E-state index in [2.05, 4.69) is 41.6 Å². The summed E-state index contributed by atoms with van der Waals surface area (Å²) >= 11 is 0. The zero-order valence-corrected chi connectivity index (χ0v) is 12.2. The van der Waals surface area contributed by atoms with Crippen molar-refractivity contribution in [2.45, 2.75) is 19.4 Å². The maximum atomic E-state index is 5.35. The van der Waals surface area contributed by atoms with Gasteiger partial charge in [-0.3, -0.25) is 0 Å². The molecule has 2 N–H and O–H groups in total. The first kappa shape index (κ1) is 14.2. The molecule has 0 aromatic heterocycles. The standard InChI is InChI=1S/C15H25N3O/c1-4-12-9-13(5-6-15(12)19-3)17-10-14-11-18(2)8-7-16-14/h5-6,9,14,16-17H,4,7-8,10-11H2,1-3H3. The number of benzene rings is 1. The van der Waals surface area contributed by atoms with E-state index in [1.54, 1.807) is 7.11 Å². The van der Waals surface area contributed by atoms with Gasteiger partial charge in [-0.05, 0) is 37.2 Å². The number of nitrogens with one attached hydrogen (secondary N) is 2. The molecule has 2 rings (SSSR count). The topological polar surface area (TPSA) is 36.5 Å². The summed E-state index contributed by atoms with van der Waals surface area (Å²) in [6.07, 6.45) is 0.989. The van der Waals surface area contributed by atoms with Gasteiger partial charge in [0.25, 0.3) is 0 Å². The smallest absolute Gasteiger partial charge is 0.122 e. The van der Waals surface area contributed by atoms with Gasteiger partial charge in [0.15, 0.2) is 0 Å². The second-order valence-corrected chi connectivity index (χ2v) is 5.17. The molecular weight excluding hydrogens is 238 g/mol. The molecule has 1 aliphatic heterocycles. The fourth-order valence-electron chi connectivity index (χ4n) is 2.53. The molecule has 106 valence electrons. The Morgan fingerprint density at radius 2 is 2.32 bits per heavy atom. The van der Waals surface area contributed by atoms with E-state index in [1.807, 2.05) is 6.07 Å². The lowest BCUT2D eigenvalue weighted by Crippen LogP contribution is -2.51. The first-order valence-electron chi connectivity index (χ1n) is 7.05. The molecular formula is C15H25N3O. The molecule has 1 saturated heterocycles. The zero-order chi connectivity index (χ0) is 13.7. The summed E-state index contributed by atoms with van der Waals surface area (Å²) in [5.74, 6) is 0.976. The van der Waals surface area contributed by atoms with Crippen LogP contribution >= 0.6 is 0 Å². The lowest BCUT2D eigenvalue weighted by Gasteiger charge is -2.31. The number of likely N-dealkylation sites (N-methyl/N-ethyl adjacent to an activating group) is 1. The summed E-state index contributed by atoms with van der Waals surface area (Å²) in [5, 5.41) is 7.06. The number of hydrogen-bond donors (Lipinski definition) is 2. The average molecular weight is 263 g/mol. The van der Waals surface area contributed by atoms with E-state index in [0.29, 0.717) is 6.04 Å². The number of ether oxygens (including phenoxy) is 1. The van der Waals surface area contributed by atoms with Gasteiger partial charge in [-0.15, -0.1) is 0 Å². The fraction of sp³-hybridized carbons (Fsp3) is 0.600. The highest BCUT2D eigenvalue weighted by molar-refractivity contribution is 5.51. The SMILES string of the molecule is CCc1cc(NCC2CN(C)CCN2)ccc1OC. The van der Waals surface area contributed by atoms with Crippen molar-refractivity contribution in [3.8, 4) is 5.75 Å². The van der Waals surface area contributed by atoms with Crippen molar-refractivity contribution in [3.63, 3.8) is 0 Å². The first-order chi connectivity index (χ1) is 9.22. The second-order valence-electron chi connectivity index (χ2n) is 5.17. The number of hydrogen-bond acceptors (Lipinski definition) is 4. The Morgan fingerprint density at radius 3 is 3.00 bits per heavy atom. The Labute approximate surface area is 116 Å². The van der Waals surface area contributed by atoms with E-state index in [9.17, 15) is 0 Å². The number of nitrogens with zero attached hydrogens (tertiary/aromatic N) is 1. The molecule has 0 spiro atoms. The van der Waals surface area contributed by atoms with E-state index >= 15 is 0 Å². The Balaban J connectivity index is 1.92. The molecule has 4 heteroatoms. The Hall–Kier alpha value is -1.26. The molecule has 1 atom stereocenters. The van der Waals surface area contributed by atoms with Gasteiger partial charge in [0, 0.05) is 37.9 Å². The van der Waals surface area contributed by atoms with Crippen LogP contribution in [-0.4, -0.2) is 51.3 Å². The monoisotopic (exact) mass is 263 g/mol. The van der Waals surface area contributed by atoms with Gasteiger partial charge in [0.05, 0.1) is 7.11 Å². The van der Waals surface area contributed by atoms with Crippen LogP contribution in [0.2, 0.25) is 0 Å². The summed E-state index contributed by atoms with van der Waals surface area (Å²) in [6.45, 7) is 6.42. The Bertz CT molecular complexity index is 408. The zero-order valence-electron chi connectivity index (χ0n) is 12.2. The molecule has 0 bridgehead atoms. The van der Waals surface area contributed by atoms with Crippen molar-refractivity contribution in [1.82, 2.24) is 10.2 Å². The van der Waals surface area contributed by atoms with Gasteiger partial charge in [0.1, 0.15) is 5.75 Å². The molecule has 1 aromatic rings. The number of piperazine rings is 1. The quantitative estimate of drug-likeness (QED) is 0.845. The van der Waals surface area contributed by atoms with Crippen LogP contribution in [0.3, 0.4) is 0 Å². The maximum Gasteiger partial charge on any atom is 0.122 e. The van der Waals surface area contributed by atoms with Crippen LogP contribution in [0.5, 0.6) is 5.75 Å². The molecule has 1 unspecified atom stereocenters. The van der Waals surface area contributed by atoms with Crippen LogP contribution in [0.1, 0.15) is 12.5 Å². The van der Waals surface area contributed by atoms with Gasteiger partial charge < -0.3 is 20.3 Å². The molecule has 0 amide bonds. The van der Waals surface area contributed by atoms with Crippen molar-refractivity contribution in [3.05, 3.63) is 23.8 Å². The first-order valence-corrected chi connectivity index (χ1v) is 7.05. The summed E-state index contributed by atoms with van der Waals surface area (Å²) in [7, 11) is 3.90. The van der Waals surface area contributed by atoms with Gasteiger partial charge in [-0.1, -0.05) is 6.92 Å².